The predicted molar refractivity (Wildman–Crippen MR) is 114 cm³/mol. The van der Waals surface area contributed by atoms with Gasteiger partial charge in [-0.3, -0.25) is 0 Å². The lowest BCUT2D eigenvalue weighted by Crippen LogP contribution is -2.08. The fraction of sp³-hybridized carbons (Fsp3) is 0.0909. The van der Waals surface area contributed by atoms with Gasteiger partial charge in [-0.05, 0) is 35.9 Å². The molecule has 6 nitrogen and oxygen atoms in total. The molecule has 0 amide bonds. The molecule has 2 aromatic carbocycles. The lowest BCUT2D eigenvalue weighted by molar-refractivity contribution is -0.188. The molecule has 0 spiro atoms. The van der Waals surface area contributed by atoms with Gasteiger partial charge >= 0.3 is 0 Å². The topological polar surface area (TPSA) is 63.3 Å². The molecule has 0 saturated heterocycles. The van der Waals surface area contributed by atoms with E-state index in [1.54, 1.807) is 12.4 Å². The van der Waals surface area contributed by atoms with Crippen molar-refractivity contribution in [3.8, 4) is 17.2 Å². The fourth-order valence-electron chi connectivity index (χ4n) is 2.90. The van der Waals surface area contributed by atoms with Gasteiger partial charge in [0.15, 0.2) is 5.65 Å². The normalized spacial score (nSPS) is 10.7. The number of hydrogen-bond donors (Lipinski definition) is 0. The lowest BCUT2D eigenvalue weighted by Gasteiger charge is -2.12. The molecule has 0 atom stereocenters. The summed E-state index contributed by atoms with van der Waals surface area (Å²) in [4.78, 5) is 12.8. The smallest absolute Gasteiger partial charge is 0.180 e. The standard InChI is InChI=1S/C22H18N4O2S/c1-25(2)19-10-8-16(9-11-19)17-12-21-18(13-23)15-26(22(21)24-14-17)27-28-29-20-6-4-3-5-7-20/h3-12,14-15H,1-2H3. The molecule has 7 heteroatoms. The molecule has 4 rings (SSSR count). The average Bonchev–Trinajstić information content (AvgIpc) is 3.11. The SMILES string of the molecule is CN(C)c1ccc(-c2cnc3c(c2)c(C#N)cn3OOSc2ccccc2)cc1. The van der Waals surface area contributed by atoms with Gasteiger partial charge in [0, 0.05) is 41.8 Å². The molecule has 0 aliphatic rings. The summed E-state index contributed by atoms with van der Waals surface area (Å²) in [5.41, 5.74) is 4.06. The Morgan fingerprint density at radius 2 is 1.79 bits per heavy atom. The summed E-state index contributed by atoms with van der Waals surface area (Å²) in [7, 11) is 4.01. The third-order valence-electron chi connectivity index (χ3n) is 4.43. The highest BCUT2D eigenvalue weighted by Crippen LogP contribution is 2.27. The lowest BCUT2D eigenvalue weighted by atomic mass is 10.1. The summed E-state index contributed by atoms with van der Waals surface area (Å²) in [5, 5.41) is 10.2. The van der Waals surface area contributed by atoms with Crippen molar-refractivity contribution in [3.05, 3.63) is 78.6 Å². The Labute approximate surface area is 173 Å². The Kier molecular flexibility index (Phi) is 5.38. The van der Waals surface area contributed by atoms with E-state index >= 15 is 0 Å². The van der Waals surface area contributed by atoms with Gasteiger partial charge in [-0.25, -0.2) is 9.97 Å². The first-order valence-electron chi connectivity index (χ1n) is 8.91. The van der Waals surface area contributed by atoms with Crippen LogP contribution in [0.25, 0.3) is 22.2 Å². The van der Waals surface area contributed by atoms with E-state index in [9.17, 15) is 5.26 Å². The van der Waals surface area contributed by atoms with Gasteiger partial charge in [-0.2, -0.15) is 5.26 Å². The largest absolute Gasteiger partial charge is 0.378 e. The molecule has 0 bridgehead atoms. The van der Waals surface area contributed by atoms with Crippen molar-refractivity contribution in [2.75, 3.05) is 19.0 Å². The van der Waals surface area contributed by atoms with Crippen molar-refractivity contribution in [1.29, 1.82) is 5.26 Å². The van der Waals surface area contributed by atoms with Crippen molar-refractivity contribution in [2.24, 2.45) is 0 Å². The number of fused-ring (bicyclic) bond motifs is 1. The van der Waals surface area contributed by atoms with Gasteiger partial charge in [0.25, 0.3) is 0 Å². The van der Waals surface area contributed by atoms with E-state index in [0.29, 0.717) is 16.6 Å². The number of rotatable bonds is 6. The summed E-state index contributed by atoms with van der Waals surface area (Å²) >= 11 is 1.09. The second-order valence-electron chi connectivity index (χ2n) is 6.56. The van der Waals surface area contributed by atoms with Gasteiger partial charge in [0.1, 0.15) is 6.07 Å². The number of benzene rings is 2. The molecule has 0 N–H and O–H groups in total. The average molecular weight is 402 g/mol. The highest BCUT2D eigenvalue weighted by atomic mass is 32.2. The first kappa shape index (κ1) is 18.9. The van der Waals surface area contributed by atoms with Crippen LogP contribution in [0.2, 0.25) is 0 Å². The van der Waals surface area contributed by atoms with Crippen LogP contribution in [0.15, 0.2) is 78.0 Å². The third-order valence-corrected chi connectivity index (χ3v) is 5.03. The predicted octanol–water partition coefficient (Wildman–Crippen LogP) is 4.71. The number of hydrogen-bond acceptors (Lipinski definition) is 6. The monoisotopic (exact) mass is 402 g/mol. The van der Waals surface area contributed by atoms with Crippen LogP contribution in [0, 0.1) is 11.3 Å². The van der Waals surface area contributed by atoms with Crippen molar-refractivity contribution in [3.63, 3.8) is 0 Å². The van der Waals surface area contributed by atoms with Crippen LogP contribution < -0.4 is 9.89 Å². The number of nitriles is 1. The fourth-order valence-corrected chi connectivity index (χ4v) is 3.34. The second kappa shape index (κ2) is 8.27. The van der Waals surface area contributed by atoms with Crippen molar-refractivity contribution >= 4 is 28.8 Å². The zero-order valence-corrected chi connectivity index (χ0v) is 16.8. The Bertz CT molecular complexity index is 1170. The van der Waals surface area contributed by atoms with E-state index in [1.807, 2.05) is 79.7 Å². The maximum atomic E-state index is 9.51. The quantitative estimate of drug-likeness (QED) is 0.264. The van der Waals surface area contributed by atoms with Crippen LogP contribution in [0.3, 0.4) is 0 Å². The van der Waals surface area contributed by atoms with E-state index < -0.39 is 0 Å². The van der Waals surface area contributed by atoms with Crippen LogP contribution in [0.5, 0.6) is 0 Å². The molecule has 0 aliphatic carbocycles. The summed E-state index contributed by atoms with van der Waals surface area (Å²) in [5.74, 6) is 0. The summed E-state index contributed by atoms with van der Waals surface area (Å²) in [6.07, 6.45) is 3.33. The van der Waals surface area contributed by atoms with Crippen molar-refractivity contribution in [2.45, 2.75) is 4.90 Å². The second-order valence-corrected chi connectivity index (χ2v) is 7.33. The van der Waals surface area contributed by atoms with Gasteiger partial charge < -0.3 is 4.90 Å². The molecular formula is C22H18N4O2S. The summed E-state index contributed by atoms with van der Waals surface area (Å²) in [6.45, 7) is 0. The zero-order valence-electron chi connectivity index (χ0n) is 15.9. The summed E-state index contributed by atoms with van der Waals surface area (Å²) < 4.78 is 6.61. The van der Waals surface area contributed by atoms with Gasteiger partial charge in [-0.15, -0.1) is 4.73 Å². The molecule has 0 fully saturated rings. The van der Waals surface area contributed by atoms with Crippen molar-refractivity contribution < 1.29 is 9.32 Å². The molecule has 144 valence electrons. The first-order chi connectivity index (χ1) is 14.2. The molecule has 0 radical (unpaired) electrons. The molecular weight excluding hydrogens is 384 g/mol. The highest BCUT2D eigenvalue weighted by molar-refractivity contribution is 7.94. The number of anilines is 1. The maximum absolute atomic E-state index is 9.51. The number of nitrogens with zero attached hydrogens (tertiary/aromatic N) is 4. The molecule has 0 saturated carbocycles. The van der Waals surface area contributed by atoms with Gasteiger partial charge in [-0.1, -0.05) is 34.7 Å². The maximum Gasteiger partial charge on any atom is 0.180 e. The van der Waals surface area contributed by atoms with Gasteiger partial charge in [0.05, 0.1) is 23.8 Å². The van der Waals surface area contributed by atoms with Crippen LogP contribution >= 0.6 is 12.0 Å². The number of aromatic nitrogens is 2. The Morgan fingerprint density at radius 3 is 2.48 bits per heavy atom. The van der Waals surface area contributed by atoms with E-state index in [4.69, 9.17) is 9.32 Å². The van der Waals surface area contributed by atoms with E-state index in [-0.39, 0.29) is 0 Å². The molecule has 2 heterocycles. The third kappa shape index (κ3) is 4.04. The minimum Gasteiger partial charge on any atom is -0.378 e. The molecule has 4 aromatic rings. The van der Waals surface area contributed by atoms with Crippen LogP contribution in [0.1, 0.15) is 5.56 Å². The minimum atomic E-state index is 0.465. The summed E-state index contributed by atoms with van der Waals surface area (Å²) in [6, 6.07) is 21.9. The Morgan fingerprint density at radius 1 is 1.03 bits per heavy atom. The molecule has 0 aliphatic heterocycles. The highest BCUT2D eigenvalue weighted by Gasteiger charge is 2.13. The first-order valence-corrected chi connectivity index (χ1v) is 9.65. The zero-order chi connectivity index (χ0) is 20.2. The van der Waals surface area contributed by atoms with Gasteiger partial charge in [0.2, 0.25) is 0 Å². The van der Waals surface area contributed by atoms with E-state index in [0.717, 1.165) is 33.8 Å². The van der Waals surface area contributed by atoms with E-state index in [1.165, 1.54) is 4.73 Å². The molecule has 2 aromatic heterocycles. The minimum absolute atomic E-state index is 0.465. The Balaban J connectivity index is 1.59. The van der Waals surface area contributed by atoms with Crippen LogP contribution in [-0.4, -0.2) is 23.8 Å². The van der Waals surface area contributed by atoms with Crippen LogP contribution in [-0.2, 0) is 4.33 Å². The van der Waals surface area contributed by atoms with E-state index in [2.05, 4.69) is 11.1 Å². The Hall–Kier alpha value is -3.47. The molecule has 0 unspecified atom stereocenters. The molecule has 29 heavy (non-hydrogen) atoms. The van der Waals surface area contributed by atoms with Crippen LogP contribution in [0.4, 0.5) is 5.69 Å². The number of pyridine rings is 1. The van der Waals surface area contributed by atoms with Crippen molar-refractivity contribution in [1.82, 2.24) is 9.71 Å².